The lowest BCUT2D eigenvalue weighted by Crippen LogP contribution is -2.24. The van der Waals surface area contributed by atoms with Crippen LogP contribution in [-0.4, -0.2) is 12.6 Å². The molecule has 0 unspecified atom stereocenters. The average molecular weight is 277 g/mol. The van der Waals surface area contributed by atoms with Crippen LogP contribution in [0.2, 0.25) is 0 Å². The van der Waals surface area contributed by atoms with E-state index in [4.69, 9.17) is 10.5 Å². The number of ether oxygens (including phenoxy) is 1. The SMILES string of the molecule is CCCCCCCCOC(=O)[C@@H](N)c1ccc(C)cc1. The van der Waals surface area contributed by atoms with Gasteiger partial charge in [-0.15, -0.1) is 0 Å². The van der Waals surface area contributed by atoms with Crippen molar-refractivity contribution < 1.29 is 9.53 Å². The van der Waals surface area contributed by atoms with Crippen molar-refractivity contribution in [3.8, 4) is 0 Å². The molecule has 1 rings (SSSR count). The smallest absolute Gasteiger partial charge is 0.327 e. The van der Waals surface area contributed by atoms with E-state index < -0.39 is 6.04 Å². The number of benzene rings is 1. The van der Waals surface area contributed by atoms with Crippen LogP contribution in [0.25, 0.3) is 0 Å². The summed E-state index contributed by atoms with van der Waals surface area (Å²) in [5.74, 6) is -0.331. The summed E-state index contributed by atoms with van der Waals surface area (Å²) in [6.45, 7) is 4.69. The van der Waals surface area contributed by atoms with Gasteiger partial charge in [0.15, 0.2) is 0 Å². The summed E-state index contributed by atoms with van der Waals surface area (Å²) >= 11 is 0. The van der Waals surface area contributed by atoms with Gasteiger partial charge in [0.1, 0.15) is 6.04 Å². The molecule has 3 heteroatoms. The minimum Gasteiger partial charge on any atom is -0.464 e. The van der Waals surface area contributed by atoms with Crippen LogP contribution in [0.5, 0.6) is 0 Å². The predicted molar refractivity (Wildman–Crippen MR) is 82.4 cm³/mol. The maximum Gasteiger partial charge on any atom is 0.327 e. The van der Waals surface area contributed by atoms with Crippen LogP contribution in [-0.2, 0) is 9.53 Å². The van der Waals surface area contributed by atoms with Gasteiger partial charge in [0.2, 0.25) is 0 Å². The molecule has 0 radical (unpaired) electrons. The van der Waals surface area contributed by atoms with Gasteiger partial charge in [-0.3, -0.25) is 0 Å². The van der Waals surface area contributed by atoms with Crippen LogP contribution < -0.4 is 5.73 Å². The Labute approximate surface area is 122 Å². The Bertz CT molecular complexity index is 386. The quantitative estimate of drug-likeness (QED) is 0.550. The topological polar surface area (TPSA) is 52.3 Å². The molecular formula is C17H27NO2. The van der Waals surface area contributed by atoms with Crippen molar-refractivity contribution >= 4 is 5.97 Å². The number of unbranched alkanes of at least 4 members (excludes halogenated alkanes) is 5. The van der Waals surface area contributed by atoms with Gasteiger partial charge in [0.25, 0.3) is 0 Å². The molecule has 1 atom stereocenters. The molecule has 20 heavy (non-hydrogen) atoms. The average Bonchev–Trinajstić information content (AvgIpc) is 2.46. The molecule has 0 aliphatic carbocycles. The van der Waals surface area contributed by atoms with Gasteiger partial charge in [-0.2, -0.15) is 0 Å². The predicted octanol–water partition coefficient (Wildman–Crippen LogP) is 3.90. The van der Waals surface area contributed by atoms with Crippen molar-refractivity contribution in [2.24, 2.45) is 5.73 Å². The monoisotopic (exact) mass is 277 g/mol. The zero-order valence-electron chi connectivity index (χ0n) is 12.7. The molecular weight excluding hydrogens is 250 g/mol. The molecule has 112 valence electrons. The molecule has 0 aromatic heterocycles. The van der Waals surface area contributed by atoms with Crippen LogP contribution in [0.15, 0.2) is 24.3 Å². The van der Waals surface area contributed by atoms with E-state index in [1.165, 1.54) is 25.7 Å². The summed E-state index contributed by atoms with van der Waals surface area (Å²) in [5.41, 5.74) is 7.86. The Morgan fingerprint density at radius 1 is 1.10 bits per heavy atom. The lowest BCUT2D eigenvalue weighted by molar-refractivity contribution is -0.145. The van der Waals surface area contributed by atoms with Gasteiger partial charge < -0.3 is 10.5 Å². The van der Waals surface area contributed by atoms with E-state index in [1.54, 1.807) is 0 Å². The fourth-order valence-corrected chi connectivity index (χ4v) is 2.05. The number of carbonyl (C=O) groups excluding carboxylic acids is 1. The number of hydrogen-bond acceptors (Lipinski definition) is 3. The van der Waals surface area contributed by atoms with E-state index in [1.807, 2.05) is 31.2 Å². The van der Waals surface area contributed by atoms with Crippen molar-refractivity contribution in [2.75, 3.05) is 6.61 Å². The highest BCUT2D eigenvalue weighted by molar-refractivity contribution is 5.77. The second kappa shape index (κ2) is 9.54. The molecule has 3 nitrogen and oxygen atoms in total. The lowest BCUT2D eigenvalue weighted by atomic mass is 10.1. The van der Waals surface area contributed by atoms with Crippen molar-refractivity contribution in [1.82, 2.24) is 0 Å². The van der Waals surface area contributed by atoms with Crippen LogP contribution in [0.1, 0.15) is 62.6 Å². The number of aryl methyl sites for hydroxylation is 1. The maximum absolute atomic E-state index is 11.8. The van der Waals surface area contributed by atoms with Gasteiger partial charge in [-0.1, -0.05) is 68.9 Å². The van der Waals surface area contributed by atoms with E-state index in [-0.39, 0.29) is 5.97 Å². The lowest BCUT2D eigenvalue weighted by Gasteiger charge is -2.12. The standard InChI is InChI=1S/C17H27NO2/c1-3-4-5-6-7-8-13-20-17(19)16(18)15-11-9-14(2)10-12-15/h9-12,16H,3-8,13,18H2,1-2H3/t16-/m0/s1. The van der Waals surface area contributed by atoms with Gasteiger partial charge in [0, 0.05) is 0 Å². The molecule has 0 spiro atoms. The third-order valence-corrected chi connectivity index (χ3v) is 3.43. The molecule has 0 saturated heterocycles. The zero-order valence-corrected chi connectivity index (χ0v) is 12.7. The molecule has 0 fully saturated rings. The first-order valence-corrected chi connectivity index (χ1v) is 7.64. The second-order valence-electron chi connectivity index (χ2n) is 5.32. The number of esters is 1. The van der Waals surface area contributed by atoms with E-state index in [2.05, 4.69) is 6.92 Å². The molecule has 0 bridgehead atoms. The first-order valence-electron chi connectivity index (χ1n) is 7.64. The van der Waals surface area contributed by atoms with Crippen LogP contribution in [0, 0.1) is 6.92 Å². The number of rotatable bonds is 9. The fourth-order valence-electron chi connectivity index (χ4n) is 2.05. The molecule has 0 aliphatic heterocycles. The van der Waals surface area contributed by atoms with E-state index in [0.717, 1.165) is 24.0 Å². The fraction of sp³-hybridized carbons (Fsp3) is 0.588. The van der Waals surface area contributed by atoms with Gasteiger partial charge in [-0.05, 0) is 18.9 Å². The Morgan fingerprint density at radius 3 is 2.35 bits per heavy atom. The van der Waals surface area contributed by atoms with Crippen LogP contribution in [0.4, 0.5) is 0 Å². The minimum absolute atomic E-state index is 0.331. The summed E-state index contributed by atoms with van der Waals surface area (Å²) in [4.78, 5) is 11.8. The van der Waals surface area contributed by atoms with Crippen molar-refractivity contribution in [3.63, 3.8) is 0 Å². The number of carbonyl (C=O) groups is 1. The summed E-state index contributed by atoms with van der Waals surface area (Å²) in [6.07, 6.45) is 7.07. The van der Waals surface area contributed by atoms with E-state index >= 15 is 0 Å². The largest absolute Gasteiger partial charge is 0.464 e. The normalized spacial score (nSPS) is 12.2. The molecule has 2 N–H and O–H groups in total. The summed E-state index contributed by atoms with van der Waals surface area (Å²) in [7, 11) is 0. The highest BCUT2D eigenvalue weighted by Crippen LogP contribution is 2.13. The Balaban J connectivity index is 2.20. The minimum atomic E-state index is -0.671. The first kappa shape index (κ1) is 16.7. The molecule has 1 aromatic carbocycles. The maximum atomic E-state index is 11.8. The highest BCUT2D eigenvalue weighted by Gasteiger charge is 2.16. The summed E-state index contributed by atoms with van der Waals surface area (Å²) in [6, 6.07) is 7.00. The third kappa shape index (κ3) is 6.20. The molecule has 0 amide bonds. The third-order valence-electron chi connectivity index (χ3n) is 3.43. The van der Waals surface area contributed by atoms with Gasteiger partial charge in [0.05, 0.1) is 6.61 Å². The van der Waals surface area contributed by atoms with Crippen molar-refractivity contribution in [1.29, 1.82) is 0 Å². The molecule has 1 aromatic rings. The zero-order chi connectivity index (χ0) is 14.8. The van der Waals surface area contributed by atoms with Crippen molar-refractivity contribution in [2.45, 2.75) is 58.4 Å². The van der Waals surface area contributed by atoms with Gasteiger partial charge in [-0.25, -0.2) is 4.79 Å². The summed E-state index contributed by atoms with van der Waals surface area (Å²) < 4.78 is 5.23. The van der Waals surface area contributed by atoms with Gasteiger partial charge >= 0.3 is 5.97 Å². The van der Waals surface area contributed by atoms with Crippen LogP contribution >= 0.6 is 0 Å². The van der Waals surface area contributed by atoms with Crippen LogP contribution in [0.3, 0.4) is 0 Å². The Kier molecular flexibility index (Phi) is 7.97. The first-order chi connectivity index (χ1) is 9.65. The number of nitrogens with two attached hydrogens (primary N) is 1. The molecule has 0 saturated carbocycles. The second-order valence-corrected chi connectivity index (χ2v) is 5.32. The highest BCUT2D eigenvalue weighted by atomic mass is 16.5. The summed E-state index contributed by atoms with van der Waals surface area (Å²) in [5, 5.41) is 0. The molecule has 0 aliphatic rings. The Morgan fingerprint density at radius 2 is 1.70 bits per heavy atom. The van der Waals surface area contributed by atoms with E-state index in [9.17, 15) is 4.79 Å². The number of hydrogen-bond donors (Lipinski definition) is 1. The Hall–Kier alpha value is -1.35. The molecule has 0 heterocycles. The van der Waals surface area contributed by atoms with E-state index in [0.29, 0.717) is 6.61 Å². The van der Waals surface area contributed by atoms with Crippen molar-refractivity contribution in [3.05, 3.63) is 35.4 Å².